The van der Waals surface area contributed by atoms with E-state index in [9.17, 15) is 47.2 Å². The van der Waals surface area contributed by atoms with Gasteiger partial charge in [0.2, 0.25) is 20.0 Å². The maximum absolute atomic E-state index is 11.7. The van der Waals surface area contributed by atoms with E-state index in [-0.39, 0.29) is 46.7 Å². The molecule has 22 heteroatoms. The maximum atomic E-state index is 11.7. The van der Waals surface area contributed by atoms with Crippen molar-refractivity contribution in [1.29, 1.82) is 0 Å². The zero-order chi connectivity index (χ0) is 49.6. The zero-order valence-electron chi connectivity index (χ0n) is 41.6. The number of sulfone groups is 1. The molecule has 0 atom stereocenters. The van der Waals surface area contributed by atoms with Crippen molar-refractivity contribution in [2.24, 2.45) is 11.8 Å². The molecule has 0 radical (unpaired) electrons. The highest BCUT2D eigenvalue weighted by Gasteiger charge is 2.32. The Hall–Kier alpha value is -0.530. The van der Waals surface area contributed by atoms with E-state index >= 15 is 0 Å². The molecule has 5 aliphatic rings. The van der Waals surface area contributed by atoms with Gasteiger partial charge in [-0.25, -0.2) is 34.7 Å². The Balaban J connectivity index is 0.000000407. The summed E-state index contributed by atoms with van der Waals surface area (Å²) >= 11 is 0. The summed E-state index contributed by atoms with van der Waals surface area (Å²) in [6.45, 7) is 20.7. The number of aliphatic hydroxyl groups is 1. The fourth-order valence-electron chi connectivity index (χ4n) is 8.13. The van der Waals surface area contributed by atoms with Crippen LogP contribution in [0.25, 0.3) is 0 Å². The second-order valence-electron chi connectivity index (χ2n) is 20.1. The average molecular weight is 1030 g/mol. The van der Waals surface area contributed by atoms with Crippen LogP contribution in [0.4, 0.5) is 0 Å². The number of aliphatic hydroxyl groups excluding tert-OH is 1. The lowest BCUT2D eigenvalue weighted by Gasteiger charge is -2.29. The summed E-state index contributed by atoms with van der Waals surface area (Å²) in [5.41, 5.74) is 0. The minimum Gasteiger partial charge on any atom is -0.393 e. The Labute approximate surface area is 398 Å². The van der Waals surface area contributed by atoms with Crippen LogP contribution in [0.15, 0.2) is 0 Å². The molecule has 0 spiro atoms. The second kappa shape index (κ2) is 30.3. The summed E-state index contributed by atoms with van der Waals surface area (Å²) in [5.74, 6) is 1.52. The minimum atomic E-state index is -3.33. The van der Waals surface area contributed by atoms with Gasteiger partial charge in [0, 0.05) is 50.3 Å². The quantitative estimate of drug-likeness (QED) is 0.128. The topological polar surface area (TPSA) is 246 Å². The molecule has 0 unspecified atom stereocenters. The molecule has 5 fully saturated rings. The lowest BCUT2D eigenvalue weighted by molar-refractivity contribution is 0.112. The van der Waals surface area contributed by atoms with Gasteiger partial charge in [0.1, 0.15) is 0 Å². The number of nitrogens with one attached hydrogen (secondary N) is 4. The first-order valence-electron chi connectivity index (χ1n) is 24.4. The molecule has 65 heavy (non-hydrogen) atoms. The summed E-state index contributed by atoms with van der Waals surface area (Å²) in [4.78, 5) is 0. The molecule has 2 saturated heterocycles. The molecule has 0 aromatic heterocycles. The number of sulfonamides is 2. The van der Waals surface area contributed by atoms with Gasteiger partial charge in [-0.3, -0.25) is 0 Å². The third-order valence-corrected chi connectivity index (χ3v) is 21.4. The SMILES string of the molecule is CC(C)CS(=O)(=O)CC1CCCCC1.CC(C)NS(=O)(=O)C1CCC1.CC(C)NS(=O)(=O)C1CCCCC1.CC(C)NS(=O)(=O)N1CCC(O)CC1.CC(C)NS(=O)(=O)N1CCCCC1. The standard InChI is InChI=1S/C11H22O2S.C9H19NO2S.C8H18N2O3S.C8H18N2O2S.C7H15NO2S/c1-10(2)8-14(12,13)9-11-6-4-3-5-7-11;1-8(2)10-13(11,12)9-6-4-3-5-7-9;1-7(2)9-14(12,13)10-5-3-8(11)4-6-10;1-8(2)9-13(11,12)10-6-4-3-5-7-10;1-6(2)8-11(9,10)7-4-3-5-7/h10-11H,3-9H2,1-2H3;8-10H,3-7H2,1-2H3;7-9,11H,3-6H2,1-2H3;8-9H,3-7H2,1-2H3;6-8H,3-5H2,1-2H3. The van der Waals surface area contributed by atoms with Gasteiger partial charge in [-0.1, -0.05) is 65.2 Å². The Bertz CT molecular complexity index is 1800. The minimum absolute atomic E-state index is 0.0203. The fourth-order valence-corrected chi connectivity index (χ4v) is 16.9. The van der Waals surface area contributed by atoms with Crippen LogP contribution in [0.3, 0.4) is 0 Å². The van der Waals surface area contributed by atoms with Crippen LogP contribution in [0.5, 0.6) is 0 Å². The van der Waals surface area contributed by atoms with Crippen LogP contribution >= 0.6 is 0 Å². The van der Waals surface area contributed by atoms with Gasteiger partial charge in [-0.2, -0.15) is 34.9 Å². The van der Waals surface area contributed by atoms with Crippen molar-refractivity contribution in [2.75, 3.05) is 37.7 Å². The Morgan fingerprint density at radius 3 is 1.11 bits per heavy atom. The van der Waals surface area contributed by atoms with E-state index in [1.807, 2.05) is 55.4 Å². The molecule has 0 bridgehead atoms. The first-order valence-corrected chi connectivity index (χ1v) is 32.2. The molecule has 5 N–H and O–H groups in total. The normalized spacial score (nSPS) is 20.8. The summed E-state index contributed by atoms with van der Waals surface area (Å²) < 4.78 is 129. The first-order chi connectivity index (χ1) is 30.0. The average Bonchev–Trinajstić information content (AvgIpc) is 3.14. The highest BCUT2D eigenvalue weighted by Crippen LogP contribution is 2.27. The number of hydrogen-bond donors (Lipinski definition) is 5. The molecule has 5 rings (SSSR count). The van der Waals surface area contributed by atoms with Crippen molar-refractivity contribution in [3.8, 4) is 0 Å². The van der Waals surface area contributed by atoms with E-state index in [1.54, 1.807) is 13.8 Å². The summed E-state index contributed by atoms with van der Waals surface area (Å²) in [7, 11) is -15.3. The first kappa shape index (κ1) is 62.5. The highest BCUT2D eigenvalue weighted by atomic mass is 32.2. The Morgan fingerprint density at radius 2 is 0.769 bits per heavy atom. The fraction of sp³-hybridized carbons (Fsp3) is 1.00. The molecule has 0 amide bonds. The largest absolute Gasteiger partial charge is 0.393 e. The van der Waals surface area contributed by atoms with E-state index in [2.05, 4.69) is 18.9 Å². The molecule has 3 saturated carbocycles. The second-order valence-corrected chi connectivity index (χ2v) is 29.6. The molecule has 17 nitrogen and oxygen atoms in total. The van der Waals surface area contributed by atoms with Gasteiger partial charge in [0.15, 0.2) is 9.84 Å². The molecular weight excluding hydrogens is 937 g/mol. The molecule has 390 valence electrons. The van der Waals surface area contributed by atoms with Gasteiger partial charge in [0.25, 0.3) is 20.4 Å². The van der Waals surface area contributed by atoms with Crippen LogP contribution in [0.1, 0.15) is 185 Å². The Kier molecular flexibility index (Phi) is 29.1. The summed E-state index contributed by atoms with van der Waals surface area (Å²) in [6, 6.07) is -0.0636. The van der Waals surface area contributed by atoms with Crippen LogP contribution in [0, 0.1) is 11.8 Å². The zero-order valence-corrected chi connectivity index (χ0v) is 45.7. The van der Waals surface area contributed by atoms with Crippen molar-refractivity contribution in [3.63, 3.8) is 0 Å². The maximum Gasteiger partial charge on any atom is 0.279 e. The van der Waals surface area contributed by atoms with Crippen molar-refractivity contribution in [1.82, 2.24) is 27.5 Å². The van der Waals surface area contributed by atoms with Crippen LogP contribution in [0.2, 0.25) is 0 Å². The Morgan fingerprint density at radius 1 is 0.431 bits per heavy atom. The molecular formula is C43H92N6O11S5. The lowest BCUT2D eigenvalue weighted by Crippen LogP contribution is -2.47. The van der Waals surface area contributed by atoms with Gasteiger partial charge in [0.05, 0.1) is 28.1 Å². The smallest absolute Gasteiger partial charge is 0.279 e. The lowest BCUT2D eigenvalue weighted by atomic mass is 9.91. The van der Waals surface area contributed by atoms with Crippen molar-refractivity contribution >= 4 is 50.3 Å². The number of piperidine rings is 2. The third kappa shape index (κ3) is 27.5. The number of rotatable bonds is 16. The van der Waals surface area contributed by atoms with E-state index in [1.165, 1.54) is 34.3 Å². The molecule has 0 aromatic rings. The van der Waals surface area contributed by atoms with Crippen molar-refractivity contribution in [2.45, 2.75) is 226 Å². The number of nitrogens with zero attached hydrogens (tertiary/aromatic N) is 2. The van der Waals surface area contributed by atoms with Gasteiger partial charge < -0.3 is 5.11 Å². The molecule has 0 aromatic carbocycles. The van der Waals surface area contributed by atoms with Gasteiger partial charge in [-0.05, 0) is 131 Å². The van der Waals surface area contributed by atoms with E-state index in [4.69, 9.17) is 0 Å². The third-order valence-electron chi connectivity index (χ3n) is 11.3. The summed E-state index contributed by atoms with van der Waals surface area (Å²) in [5, 5.41) is 8.99. The summed E-state index contributed by atoms with van der Waals surface area (Å²) in [6.07, 6.45) is 17.5. The molecule has 2 heterocycles. The van der Waals surface area contributed by atoms with Crippen molar-refractivity contribution in [3.05, 3.63) is 0 Å². The van der Waals surface area contributed by atoms with Crippen LogP contribution < -0.4 is 18.9 Å². The van der Waals surface area contributed by atoms with E-state index in [0.29, 0.717) is 56.4 Å². The van der Waals surface area contributed by atoms with Crippen LogP contribution in [-0.4, -0.2) is 134 Å². The van der Waals surface area contributed by atoms with Crippen molar-refractivity contribution < 1.29 is 47.2 Å². The molecule has 2 aliphatic heterocycles. The molecule has 3 aliphatic carbocycles. The van der Waals surface area contributed by atoms with Crippen LogP contribution in [-0.2, 0) is 50.3 Å². The number of hydrogen-bond acceptors (Lipinski definition) is 11. The van der Waals surface area contributed by atoms with Gasteiger partial charge in [-0.15, -0.1) is 0 Å². The highest BCUT2D eigenvalue weighted by molar-refractivity contribution is 7.91. The predicted molar refractivity (Wildman–Crippen MR) is 266 cm³/mol. The predicted octanol–water partition coefficient (Wildman–Crippen LogP) is 5.55. The van der Waals surface area contributed by atoms with Gasteiger partial charge >= 0.3 is 0 Å². The van der Waals surface area contributed by atoms with E-state index < -0.39 is 50.3 Å². The van der Waals surface area contributed by atoms with E-state index in [0.717, 1.165) is 77.0 Å². The monoisotopic (exact) mass is 1030 g/mol.